The number of benzene rings is 2. The highest BCUT2D eigenvalue weighted by molar-refractivity contribution is 7.85. The molecule has 0 radical (unpaired) electrons. The van der Waals surface area contributed by atoms with Gasteiger partial charge in [-0.25, -0.2) is 0 Å². The summed E-state index contributed by atoms with van der Waals surface area (Å²) in [6, 6.07) is 15.6. The van der Waals surface area contributed by atoms with Gasteiger partial charge in [-0.15, -0.1) is 0 Å². The predicted octanol–water partition coefficient (Wildman–Crippen LogP) is 4.80. The summed E-state index contributed by atoms with van der Waals surface area (Å²) in [5, 5.41) is 0. The number of hydrogen-bond donors (Lipinski definition) is 1. The highest BCUT2D eigenvalue weighted by Gasteiger charge is 2.46. The summed E-state index contributed by atoms with van der Waals surface area (Å²) < 4.78 is 66.1. The van der Waals surface area contributed by atoms with Crippen LogP contribution in [0.1, 0.15) is 41.5 Å². The van der Waals surface area contributed by atoms with Crippen LogP contribution in [0.4, 0.5) is 13.2 Å². The largest absolute Gasteiger partial charge is 0.416 e. The number of fused-ring (bicyclic) bond motifs is 3. The molecule has 1 fully saturated rings. The molecule has 3 unspecified atom stereocenters. The molecule has 2 aliphatic rings. The molecule has 4 nitrogen and oxygen atoms in total. The van der Waals surface area contributed by atoms with E-state index in [9.17, 15) is 21.6 Å². The zero-order chi connectivity index (χ0) is 22.8. The maximum absolute atomic E-state index is 13.4. The third-order valence-electron chi connectivity index (χ3n) is 6.25. The van der Waals surface area contributed by atoms with Gasteiger partial charge in [0.25, 0.3) is 10.1 Å². The fourth-order valence-corrected chi connectivity index (χ4v) is 5.09. The summed E-state index contributed by atoms with van der Waals surface area (Å²) in [5.41, 5.74) is 2.36. The zero-order valence-electron chi connectivity index (χ0n) is 17.6. The summed E-state index contributed by atoms with van der Waals surface area (Å²) in [6.07, 6.45) is -1.18. The normalized spacial score (nSPS) is 23.5. The Morgan fingerprint density at radius 2 is 1.74 bits per heavy atom. The Morgan fingerprint density at radius 3 is 2.32 bits per heavy atom. The van der Waals surface area contributed by atoms with Crippen molar-refractivity contribution in [3.05, 3.63) is 70.8 Å². The first-order chi connectivity index (χ1) is 14.5. The lowest BCUT2D eigenvalue weighted by molar-refractivity contribution is -0.138. The average molecular weight is 456 g/mol. The first kappa shape index (κ1) is 23.8. The van der Waals surface area contributed by atoms with Crippen molar-refractivity contribution in [3.63, 3.8) is 0 Å². The zero-order valence-corrected chi connectivity index (χ0v) is 18.5. The lowest BCUT2D eigenvalue weighted by atomic mass is 9.72. The second kappa shape index (κ2) is 9.30. The molecule has 4 rings (SSSR count). The molecule has 1 aliphatic carbocycles. The Hall–Kier alpha value is -1.90. The number of alkyl halides is 3. The molecular weight excluding hydrogens is 427 g/mol. The quantitative estimate of drug-likeness (QED) is 0.676. The summed E-state index contributed by atoms with van der Waals surface area (Å²) in [7, 11) is -3.67. The highest BCUT2D eigenvalue weighted by Crippen LogP contribution is 2.48. The number of hydrogen-bond acceptors (Lipinski definition) is 3. The molecule has 0 bridgehead atoms. The molecule has 1 N–H and O–H groups in total. The molecule has 31 heavy (non-hydrogen) atoms. The van der Waals surface area contributed by atoms with Crippen LogP contribution in [0.25, 0.3) is 0 Å². The predicted molar refractivity (Wildman–Crippen MR) is 115 cm³/mol. The third kappa shape index (κ3) is 5.87. The third-order valence-corrected chi connectivity index (χ3v) is 6.25. The fourth-order valence-electron chi connectivity index (χ4n) is 5.09. The van der Waals surface area contributed by atoms with E-state index in [0.717, 1.165) is 31.5 Å². The standard InChI is InChI=1S/C22H24F3N.CH4O3S/c1-2-26-14-19-16-9-6-10-20(22(23,24)25)17(16)11-12-18(19)21(26)13-15-7-4-3-5-8-15;1-5(2,3)4/h3-10,18-19,21H,2,11-14H2,1H3;1H3,(H,2,3,4). The van der Waals surface area contributed by atoms with Gasteiger partial charge in [0, 0.05) is 18.5 Å². The van der Waals surface area contributed by atoms with Gasteiger partial charge in [0.1, 0.15) is 0 Å². The number of halogens is 3. The molecule has 1 aliphatic heterocycles. The van der Waals surface area contributed by atoms with Crippen molar-refractivity contribution in [2.75, 3.05) is 19.3 Å². The lowest BCUT2D eigenvalue weighted by Crippen LogP contribution is -2.35. The lowest BCUT2D eigenvalue weighted by Gasteiger charge is -2.33. The Labute approximate surface area is 181 Å². The molecule has 170 valence electrons. The van der Waals surface area contributed by atoms with Gasteiger partial charge in [0.2, 0.25) is 0 Å². The molecule has 0 amide bonds. The summed E-state index contributed by atoms with van der Waals surface area (Å²) >= 11 is 0. The maximum Gasteiger partial charge on any atom is 0.416 e. The van der Waals surface area contributed by atoms with Gasteiger partial charge >= 0.3 is 6.18 Å². The molecule has 8 heteroatoms. The van der Waals surface area contributed by atoms with E-state index < -0.39 is 21.9 Å². The highest BCUT2D eigenvalue weighted by atomic mass is 32.2. The van der Waals surface area contributed by atoms with E-state index in [0.29, 0.717) is 30.2 Å². The minimum atomic E-state index is -4.26. The molecule has 0 aromatic heterocycles. The molecule has 0 spiro atoms. The Morgan fingerprint density at radius 1 is 1.10 bits per heavy atom. The van der Waals surface area contributed by atoms with Gasteiger partial charge in [-0.05, 0) is 54.5 Å². The number of nitrogens with zero attached hydrogens (tertiary/aromatic N) is 1. The number of rotatable bonds is 3. The van der Waals surface area contributed by atoms with Crippen molar-refractivity contribution < 1.29 is 26.1 Å². The van der Waals surface area contributed by atoms with Gasteiger partial charge in [-0.1, -0.05) is 49.4 Å². The second-order valence-corrected chi connectivity index (χ2v) is 9.72. The van der Waals surface area contributed by atoms with E-state index in [1.54, 1.807) is 6.07 Å². The van der Waals surface area contributed by atoms with E-state index in [1.165, 1.54) is 11.6 Å². The van der Waals surface area contributed by atoms with Crippen molar-refractivity contribution >= 4 is 10.1 Å². The van der Waals surface area contributed by atoms with E-state index in [2.05, 4.69) is 36.1 Å². The van der Waals surface area contributed by atoms with Crippen LogP contribution in [-0.4, -0.2) is 43.3 Å². The van der Waals surface area contributed by atoms with E-state index in [1.807, 2.05) is 12.1 Å². The second-order valence-electron chi connectivity index (χ2n) is 8.26. The fraction of sp³-hybridized carbons (Fsp3) is 0.478. The van der Waals surface area contributed by atoms with Crippen LogP contribution in [0.3, 0.4) is 0 Å². The van der Waals surface area contributed by atoms with Crippen LogP contribution in [0.2, 0.25) is 0 Å². The Balaban J connectivity index is 0.000000491. The minimum Gasteiger partial charge on any atom is -0.299 e. The van der Waals surface area contributed by atoms with Gasteiger partial charge in [0.15, 0.2) is 0 Å². The summed E-state index contributed by atoms with van der Waals surface area (Å²) in [5.74, 6) is 0.654. The van der Waals surface area contributed by atoms with E-state index in [-0.39, 0.29) is 5.92 Å². The van der Waals surface area contributed by atoms with Crippen LogP contribution >= 0.6 is 0 Å². The van der Waals surface area contributed by atoms with Crippen LogP contribution in [-0.2, 0) is 29.1 Å². The van der Waals surface area contributed by atoms with Crippen LogP contribution in [0.15, 0.2) is 48.5 Å². The van der Waals surface area contributed by atoms with E-state index in [4.69, 9.17) is 4.55 Å². The van der Waals surface area contributed by atoms with Gasteiger partial charge < -0.3 is 0 Å². The topological polar surface area (TPSA) is 57.6 Å². The molecule has 1 saturated heterocycles. The van der Waals surface area contributed by atoms with E-state index >= 15 is 0 Å². The average Bonchev–Trinajstić information content (AvgIpc) is 3.04. The van der Waals surface area contributed by atoms with Crippen molar-refractivity contribution in [3.8, 4) is 0 Å². The minimum absolute atomic E-state index is 0.217. The van der Waals surface area contributed by atoms with Gasteiger partial charge in [0.05, 0.1) is 11.8 Å². The van der Waals surface area contributed by atoms with Crippen molar-refractivity contribution in [1.29, 1.82) is 0 Å². The molecule has 2 aromatic rings. The Bertz CT molecular complexity index is 985. The van der Waals surface area contributed by atoms with Gasteiger partial charge in [-0.2, -0.15) is 21.6 Å². The van der Waals surface area contributed by atoms with Crippen molar-refractivity contribution in [2.45, 2.75) is 44.3 Å². The Kier molecular flexibility index (Phi) is 7.13. The van der Waals surface area contributed by atoms with Gasteiger partial charge in [-0.3, -0.25) is 9.45 Å². The summed E-state index contributed by atoms with van der Waals surface area (Å²) in [6.45, 7) is 3.97. The molecule has 2 aromatic carbocycles. The molecule has 3 atom stereocenters. The molecule has 0 saturated carbocycles. The number of likely N-dealkylation sites (N-methyl/N-ethyl adjacent to an activating group) is 1. The monoisotopic (exact) mass is 455 g/mol. The summed E-state index contributed by atoms with van der Waals surface area (Å²) in [4.78, 5) is 2.47. The molecule has 1 heterocycles. The van der Waals surface area contributed by atoms with Crippen LogP contribution in [0.5, 0.6) is 0 Å². The van der Waals surface area contributed by atoms with Crippen molar-refractivity contribution in [2.24, 2.45) is 5.92 Å². The molecular formula is C23H28F3NO3S. The van der Waals surface area contributed by atoms with Crippen LogP contribution in [0, 0.1) is 5.92 Å². The first-order valence-electron chi connectivity index (χ1n) is 10.4. The van der Waals surface area contributed by atoms with Crippen LogP contribution < -0.4 is 0 Å². The SMILES string of the molecule is CCN1CC2c3cccc(C(F)(F)F)c3CCC2C1Cc1ccccc1.CS(=O)(=O)O. The van der Waals surface area contributed by atoms with Crippen molar-refractivity contribution in [1.82, 2.24) is 4.90 Å². The first-order valence-corrected chi connectivity index (χ1v) is 12.2. The maximum atomic E-state index is 13.4. The smallest absolute Gasteiger partial charge is 0.299 e. The number of likely N-dealkylation sites (tertiary alicyclic amines) is 1.